The Balaban J connectivity index is 2.00. The van der Waals surface area contributed by atoms with E-state index in [0.29, 0.717) is 12.1 Å². The average molecular weight is 357 g/mol. The summed E-state index contributed by atoms with van der Waals surface area (Å²) in [7, 11) is 1.29. The van der Waals surface area contributed by atoms with Crippen LogP contribution in [0.1, 0.15) is 12.0 Å². The summed E-state index contributed by atoms with van der Waals surface area (Å²) in [6.07, 6.45) is 0.489. The predicted octanol–water partition coefficient (Wildman–Crippen LogP) is 2.89. The Morgan fingerprint density at radius 3 is 2.35 bits per heavy atom. The van der Waals surface area contributed by atoms with Crippen molar-refractivity contribution in [1.82, 2.24) is 5.32 Å². The van der Waals surface area contributed by atoms with Gasteiger partial charge in [-0.3, -0.25) is 14.9 Å². The number of hydrogen-bond acceptors (Lipinski definition) is 5. The van der Waals surface area contributed by atoms with Crippen LogP contribution >= 0.6 is 0 Å². The second kappa shape index (κ2) is 9.16. The Hall–Kier alpha value is -3.42. The normalized spacial score (nSPS) is 11.3. The highest BCUT2D eigenvalue weighted by atomic mass is 16.6. The van der Waals surface area contributed by atoms with Crippen LogP contribution in [0.4, 0.5) is 16.2 Å². The SMILES string of the molecule is COC(=O)CC(Cc1ccccc1)NC(=O)Nc1ccc([N+](=O)[O-])cc1. The first-order valence-corrected chi connectivity index (χ1v) is 7.90. The van der Waals surface area contributed by atoms with Crippen LogP contribution in [0.2, 0.25) is 0 Å². The number of anilines is 1. The standard InChI is InChI=1S/C18H19N3O5/c1-26-17(22)12-15(11-13-5-3-2-4-6-13)20-18(23)19-14-7-9-16(10-8-14)21(24)25/h2-10,15H,11-12H2,1H3,(H2,19,20,23). The lowest BCUT2D eigenvalue weighted by Crippen LogP contribution is -2.40. The third kappa shape index (κ3) is 5.90. The molecule has 1 unspecified atom stereocenters. The summed E-state index contributed by atoms with van der Waals surface area (Å²) in [4.78, 5) is 33.9. The van der Waals surface area contributed by atoms with Crippen molar-refractivity contribution in [1.29, 1.82) is 0 Å². The Morgan fingerprint density at radius 1 is 1.12 bits per heavy atom. The molecule has 2 rings (SSSR count). The van der Waals surface area contributed by atoms with Crippen molar-refractivity contribution in [3.05, 3.63) is 70.3 Å². The summed E-state index contributed by atoms with van der Waals surface area (Å²) >= 11 is 0. The maximum atomic E-state index is 12.2. The fourth-order valence-corrected chi connectivity index (χ4v) is 2.38. The molecule has 0 radical (unpaired) electrons. The highest BCUT2D eigenvalue weighted by molar-refractivity contribution is 5.89. The number of nitrogens with zero attached hydrogens (tertiary/aromatic N) is 1. The van der Waals surface area contributed by atoms with Gasteiger partial charge in [-0.15, -0.1) is 0 Å². The zero-order valence-corrected chi connectivity index (χ0v) is 14.2. The molecule has 0 aliphatic heterocycles. The molecule has 0 bridgehead atoms. The van der Waals surface area contributed by atoms with Crippen LogP contribution in [-0.4, -0.2) is 30.1 Å². The number of nitrogens with one attached hydrogen (secondary N) is 2. The molecule has 0 saturated carbocycles. The van der Waals surface area contributed by atoms with Crippen molar-refractivity contribution in [3.8, 4) is 0 Å². The van der Waals surface area contributed by atoms with Crippen LogP contribution in [0.25, 0.3) is 0 Å². The molecule has 8 nitrogen and oxygen atoms in total. The van der Waals surface area contributed by atoms with Crippen LogP contribution in [0.5, 0.6) is 0 Å². The summed E-state index contributed by atoms with van der Waals surface area (Å²) in [5.74, 6) is -0.429. The van der Waals surface area contributed by atoms with Gasteiger partial charge in [-0.1, -0.05) is 30.3 Å². The highest BCUT2D eigenvalue weighted by Crippen LogP contribution is 2.15. The number of amides is 2. The molecule has 0 aliphatic carbocycles. The minimum atomic E-state index is -0.518. The largest absolute Gasteiger partial charge is 0.469 e. The first-order valence-electron chi connectivity index (χ1n) is 7.90. The lowest BCUT2D eigenvalue weighted by Gasteiger charge is -2.18. The molecule has 8 heteroatoms. The van der Waals surface area contributed by atoms with Gasteiger partial charge >= 0.3 is 12.0 Å². The third-order valence-electron chi connectivity index (χ3n) is 3.64. The number of urea groups is 1. The van der Waals surface area contributed by atoms with Crippen LogP contribution in [0.15, 0.2) is 54.6 Å². The van der Waals surface area contributed by atoms with Gasteiger partial charge in [-0.2, -0.15) is 0 Å². The van der Waals surface area contributed by atoms with Gasteiger partial charge in [0.15, 0.2) is 0 Å². The number of non-ortho nitro benzene ring substituents is 1. The van der Waals surface area contributed by atoms with E-state index in [4.69, 9.17) is 0 Å². The van der Waals surface area contributed by atoms with Gasteiger partial charge in [-0.25, -0.2) is 4.79 Å². The van der Waals surface area contributed by atoms with Gasteiger partial charge in [0.2, 0.25) is 0 Å². The molecule has 0 spiro atoms. The fourth-order valence-electron chi connectivity index (χ4n) is 2.38. The predicted molar refractivity (Wildman–Crippen MR) is 95.8 cm³/mol. The molecule has 26 heavy (non-hydrogen) atoms. The Kier molecular flexibility index (Phi) is 6.67. The quantitative estimate of drug-likeness (QED) is 0.450. The summed E-state index contributed by atoms with van der Waals surface area (Å²) in [5.41, 5.74) is 1.31. The molecular formula is C18H19N3O5. The minimum absolute atomic E-state index is 0.0269. The number of hydrogen-bond donors (Lipinski definition) is 2. The summed E-state index contributed by atoms with van der Waals surface area (Å²) in [6, 6.07) is 13.9. The number of methoxy groups -OCH3 is 1. The lowest BCUT2D eigenvalue weighted by molar-refractivity contribution is -0.384. The second-order valence-electron chi connectivity index (χ2n) is 5.57. The number of nitro benzene ring substituents is 1. The zero-order chi connectivity index (χ0) is 18.9. The maximum Gasteiger partial charge on any atom is 0.319 e. The summed E-state index contributed by atoms with van der Waals surface area (Å²) < 4.78 is 4.68. The Morgan fingerprint density at radius 2 is 1.77 bits per heavy atom. The van der Waals surface area contributed by atoms with Gasteiger partial charge in [0.1, 0.15) is 0 Å². The molecule has 1 atom stereocenters. The number of rotatable bonds is 7. The molecule has 0 saturated heterocycles. The Labute approximate surface area is 150 Å². The smallest absolute Gasteiger partial charge is 0.319 e. The van der Waals surface area contributed by atoms with E-state index in [2.05, 4.69) is 15.4 Å². The van der Waals surface area contributed by atoms with Gasteiger partial charge in [-0.05, 0) is 24.1 Å². The van der Waals surface area contributed by atoms with Crippen molar-refractivity contribution in [2.24, 2.45) is 0 Å². The van der Waals surface area contributed by atoms with E-state index < -0.39 is 23.0 Å². The van der Waals surface area contributed by atoms with E-state index in [0.717, 1.165) is 5.56 Å². The number of carbonyl (C=O) groups is 2. The molecule has 2 aromatic rings. The summed E-state index contributed by atoms with van der Waals surface area (Å²) in [6.45, 7) is 0. The molecule has 0 aliphatic rings. The van der Waals surface area contributed by atoms with E-state index >= 15 is 0 Å². The maximum absolute atomic E-state index is 12.2. The first kappa shape index (κ1) is 18.9. The zero-order valence-electron chi connectivity index (χ0n) is 14.2. The minimum Gasteiger partial charge on any atom is -0.469 e. The lowest BCUT2D eigenvalue weighted by atomic mass is 10.0. The van der Waals surface area contributed by atoms with Crippen molar-refractivity contribution in [3.63, 3.8) is 0 Å². The van der Waals surface area contributed by atoms with E-state index in [1.54, 1.807) is 0 Å². The van der Waals surface area contributed by atoms with Crippen LogP contribution < -0.4 is 10.6 Å². The molecule has 2 aromatic carbocycles. The van der Waals surface area contributed by atoms with Gasteiger partial charge in [0, 0.05) is 23.9 Å². The van der Waals surface area contributed by atoms with Crippen molar-refractivity contribution in [2.75, 3.05) is 12.4 Å². The van der Waals surface area contributed by atoms with Crippen molar-refractivity contribution < 1.29 is 19.2 Å². The van der Waals surface area contributed by atoms with Gasteiger partial charge in [0.25, 0.3) is 5.69 Å². The van der Waals surface area contributed by atoms with Crippen molar-refractivity contribution >= 4 is 23.4 Å². The number of ether oxygens (including phenoxy) is 1. The van der Waals surface area contributed by atoms with Crippen LogP contribution in [0.3, 0.4) is 0 Å². The van der Waals surface area contributed by atoms with E-state index in [-0.39, 0.29) is 12.1 Å². The monoisotopic (exact) mass is 357 g/mol. The fraction of sp³-hybridized carbons (Fsp3) is 0.222. The molecule has 2 amide bonds. The highest BCUT2D eigenvalue weighted by Gasteiger charge is 2.18. The van der Waals surface area contributed by atoms with Crippen molar-refractivity contribution in [2.45, 2.75) is 18.9 Å². The molecule has 2 N–H and O–H groups in total. The van der Waals surface area contributed by atoms with E-state index in [1.165, 1.54) is 31.4 Å². The molecule has 0 heterocycles. The van der Waals surface area contributed by atoms with Gasteiger partial charge in [0.05, 0.1) is 18.5 Å². The number of esters is 1. The first-order chi connectivity index (χ1) is 12.5. The van der Waals surface area contributed by atoms with Gasteiger partial charge < -0.3 is 15.4 Å². The van der Waals surface area contributed by atoms with E-state index in [9.17, 15) is 19.7 Å². The van der Waals surface area contributed by atoms with Crippen LogP contribution in [0, 0.1) is 10.1 Å². The third-order valence-corrected chi connectivity index (χ3v) is 3.64. The molecular weight excluding hydrogens is 338 g/mol. The molecule has 0 aromatic heterocycles. The second-order valence-corrected chi connectivity index (χ2v) is 5.57. The van der Waals surface area contributed by atoms with E-state index in [1.807, 2.05) is 30.3 Å². The Bertz CT molecular complexity index is 762. The molecule has 0 fully saturated rings. The number of benzene rings is 2. The topological polar surface area (TPSA) is 111 Å². The average Bonchev–Trinajstić information content (AvgIpc) is 2.62. The molecule has 136 valence electrons. The van der Waals surface area contributed by atoms with Crippen LogP contribution in [-0.2, 0) is 16.0 Å². The number of carbonyl (C=O) groups excluding carboxylic acids is 2. The number of nitro groups is 1. The summed E-state index contributed by atoms with van der Waals surface area (Å²) in [5, 5.41) is 16.0.